The Hall–Kier alpha value is -2.14. The molecule has 4 nitrogen and oxygen atoms in total. The standard InChI is InChI=1S/C16H15N3OS/c20-21(16-18-13-7-3-4-8-14(13)19-16)15-10-9-11-5-1-2-6-12(11)17-15/h1-8,15,17H,9-10H2,(H,18,19). The van der Waals surface area contributed by atoms with Gasteiger partial charge >= 0.3 is 0 Å². The second-order valence-electron chi connectivity index (χ2n) is 5.19. The number of aromatic amines is 1. The minimum atomic E-state index is -1.19. The van der Waals surface area contributed by atoms with Gasteiger partial charge in [0.2, 0.25) is 0 Å². The SMILES string of the molecule is O=S(c1nc2ccccc2[nH]1)C1CCc2ccccc2N1. The fourth-order valence-corrected chi connectivity index (χ4v) is 3.97. The van der Waals surface area contributed by atoms with Crippen LogP contribution >= 0.6 is 0 Å². The molecule has 0 spiro atoms. The van der Waals surface area contributed by atoms with Crippen LogP contribution in [-0.4, -0.2) is 19.6 Å². The molecule has 4 rings (SSSR count). The first kappa shape index (κ1) is 12.6. The maximum Gasteiger partial charge on any atom is 0.199 e. The summed E-state index contributed by atoms with van der Waals surface area (Å²) >= 11 is 0. The van der Waals surface area contributed by atoms with Crippen LogP contribution in [0.4, 0.5) is 5.69 Å². The molecule has 106 valence electrons. The smallest absolute Gasteiger partial charge is 0.199 e. The Morgan fingerprint density at radius 3 is 2.81 bits per heavy atom. The molecule has 1 aliphatic heterocycles. The summed E-state index contributed by atoms with van der Waals surface area (Å²) in [6, 6.07) is 15.9. The van der Waals surface area contributed by atoms with E-state index in [4.69, 9.17) is 0 Å². The van der Waals surface area contributed by atoms with Crippen LogP contribution in [-0.2, 0) is 17.2 Å². The summed E-state index contributed by atoms with van der Waals surface area (Å²) < 4.78 is 12.7. The third-order valence-electron chi connectivity index (χ3n) is 3.83. The lowest BCUT2D eigenvalue weighted by atomic mass is 10.0. The number of nitrogens with zero attached hydrogens (tertiary/aromatic N) is 1. The van der Waals surface area contributed by atoms with Gasteiger partial charge in [-0.1, -0.05) is 30.3 Å². The minimum Gasteiger partial charge on any atom is -0.370 e. The van der Waals surface area contributed by atoms with Crippen molar-refractivity contribution in [1.82, 2.24) is 9.97 Å². The molecular formula is C16H15N3OS. The monoisotopic (exact) mass is 297 g/mol. The van der Waals surface area contributed by atoms with Gasteiger partial charge in [0.1, 0.15) is 16.2 Å². The Balaban J connectivity index is 1.63. The van der Waals surface area contributed by atoms with Gasteiger partial charge in [-0.2, -0.15) is 0 Å². The fourth-order valence-electron chi connectivity index (χ4n) is 2.73. The molecular weight excluding hydrogens is 282 g/mol. The highest BCUT2D eigenvalue weighted by Gasteiger charge is 2.25. The van der Waals surface area contributed by atoms with Gasteiger partial charge in [-0.3, -0.25) is 0 Å². The number of H-pyrrole nitrogens is 1. The van der Waals surface area contributed by atoms with Crippen molar-refractivity contribution in [3.8, 4) is 0 Å². The molecule has 2 unspecified atom stereocenters. The van der Waals surface area contributed by atoms with Gasteiger partial charge < -0.3 is 10.3 Å². The molecule has 1 aliphatic rings. The van der Waals surface area contributed by atoms with E-state index in [1.165, 1.54) is 5.56 Å². The largest absolute Gasteiger partial charge is 0.370 e. The van der Waals surface area contributed by atoms with Crippen molar-refractivity contribution in [2.24, 2.45) is 0 Å². The van der Waals surface area contributed by atoms with Gasteiger partial charge in [0.25, 0.3) is 0 Å². The maximum atomic E-state index is 12.7. The Morgan fingerprint density at radius 1 is 1.10 bits per heavy atom. The second-order valence-corrected chi connectivity index (χ2v) is 6.74. The lowest BCUT2D eigenvalue weighted by Gasteiger charge is -2.25. The van der Waals surface area contributed by atoms with E-state index >= 15 is 0 Å². The number of imidazole rings is 1. The van der Waals surface area contributed by atoms with Crippen LogP contribution in [0.1, 0.15) is 12.0 Å². The number of aryl methyl sites for hydroxylation is 1. The fraction of sp³-hybridized carbons (Fsp3) is 0.188. The van der Waals surface area contributed by atoms with E-state index in [9.17, 15) is 4.21 Å². The first-order valence-corrected chi connectivity index (χ1v) is 8.22. The van der Waals surface area contributed by atoms with Crippen molar-refractivity contribution in [1.29, 1.82) is 0 Å². The summed E-state index contributed by atoms with van der Waals surface area (Å²) in [5.74, 6) is 0. The van der Waals surface area contributed by atoms with Gasteiger partial charge in [0.05, 0.1) is 11.0 Å². The van der Waals surface area contributed by atoms with E-state index in [2.05, 4.69) is 21.4 Å². The zero-order valence-corrected chi connectivity index (χ0v) is 12.2. The molecule has 0 bridgehead atoms. The highest BCUT2D eigenvalue weighted by Crippen LogP contribution is 2.27. The van der Waals surface area contributed by atoms with E-state index in [1.54, 1.807) is 0 Å². The van der Waals surface area contributed by atoms with Gasteiger partial charge in [-0.05, 0) is 36.6 Å². The number of anilines is 1. The third-order valence-corrected chi connectivity index (χ3v) is 5.27. The summed E-state index contributed by atoms with van der Waals surface area (Å²) in [5.41, 5.74) is 4.16. The zero-order chi connectivity index (χ0) is 14.2. The Kier molecular flexibility index (Phi) is 3.00. The van der Waals surface area contributed by atoms with Crippen LogP contribution in [0.15, 0.2) is 53.7 Å². The average molecular weight is 297 g/mol. The molecule has 1 aromatic heterocycles. The number of aromatic nitrogens is 2. The number of hydrogen-bond donors (Lipinski definition) is 2. The minimum absolute atomic E-state index is 0.0968. The van der Waals surface area contributed by atoms with E-state index in [0.717, 1.165) is 29.6 Å². The molecule has 0 saturated carbocycles. The third kappa shape index (κ3) is 2.23. The van der Waals surface area contributed by atoms with Crippen LogP contribution in [0.5, 0.6) is 0 Å². The molecule has 2 heterocycles. The van der Waals surface area contributed by atoms with Crippen molar-refractivity contribution in [2.75, 3.05) is 5.32 Å². The first-order valence-electron chi connectivity index (χ1n) is 7.01. The van der Waals surface area contributed by atoms with Crippen LogP contribution in [0.25, 0.3) is 11.0 Å². The van der Waals surface area contributed by atoms with Gasteiger partial charge in [0.15, 0.2) is 5.16 Å². The Morgan fingerprint density at radius 2 is 1.90 bits per heavy atom. The second kappa shape index (κ2) is 5.00. The van der Waals surface area contributed by atoms with E-state index in [1.807, 2.05) is 42.5 Å². The van der Waals surface area contributed by atoms with Gasteiger partial charge in [0, 0.05) is 5.69 Å². The maximum absolute atomic E-state index is 12.7. The van der Waals surface area contributed by atoms with E-state index in [-0.39, 0.29) is 5.37 Å². The lowest BCUT2D eigenvalue weighted by Crippen LogP contribution is -2.30. The summed E-state index contributed by atoms with van der Waals surface area (Å²) in [4.78, 5) is 7.61. The first-order chi connectivity index (χ1) is 10.3. The molecule has 21 heavy (non-hydrogen) atoms. The van der Waals surface area contributed by atoms with Crippen LogP contribution in [0.2, 0.25) is 0 Å². The number of fused-ring (bicyclic) bond motifs is 2. The summed E-state index contributed by atoms with van der Waals surface area (Å²) in [6.45, 7) is 0. The highest BCUT2D eigenvalue weighted by atomic mass is 32.2. The molecule has 5 heteroatoms. The predicted octanol–water partition coefficient (Wildman–Crippen LogP) is 3.05. The number of para-hydroxylation sites is 3. The van der Waals surface area contributed by atoms with Crippen molar-refractivity contribution in [2.45, 2.75) is 23.4 Å². The lowest BCUT2D eigenvalue weighted by molar-refractivity contribution is 0.657. The van der Waals surface area contributed by atoms with E-state index < -0.39 is 10.8 Å². The molecule has 2 N–H and O–H groups in total. The average Bonchev–Trinajstić information content (AvgIpc) is 2.97. The van der Waals surface area contributed by atoms with Gasteiger partial charge in [-0.25, -0.2) is 9.19 Å². The molecule has 0 saturated heterocycles. The predicted molar refractivity (Wildman–Crippen MR) is 84.7 cm³/mol. The number of hydrogen-bond acceptors (Lipinski definition) is 3. The summed E-state index contributed by atoms with van der Waals surface area (Å²) in [5, 5.41) is 3.83. The van der Waals surface area contributed by atoms with Crippen LogP contribution < -0.4 is 5.32 Å². The Labute approximate surface area is 125 Å². The summed E-state index contributed by atoms with van der Waals surface area (Å²) in [6.07, 6.45) is 1.79. The van der Waals surface area contributed by atoms with Crippen molar-refractivity contribution in [3.05, 3.63) is 54.1 Å². The zero-order valence-electron chi connectivity index (χ0n) is 11.4. The van der Waals surface area contributed by atoms with Crippen LogP contribution in [0, 0.1) is 0 Å². The van der Waals surface area contributed by atoms with Gasteiger partial charge in [-0.15, -0.1) is 0 Å². The molecule has 2 atom stereocenters. The molecule has 0 radical (unpaired) electrons. The number of benzene rings is 2. The highest BCUT2D eigenvalue weighted by molar-refractivity contribution is 7.85. The molecule has 3 aromatic rings. The topological polar surface area (TPSA) is 57.8 Å². The van der Waals surface area contributed by atoms with E-state index in [0.29, 0.717) is 5.16 Å². The number of nitrogens with one attached hydrogen (secondary N) is 2. The molecule has 0 aliphatic carbocycles. The normalized spacial score (nSPS) is 19.0. The molecule has 0 amide bonds. The summed E-state index contributed by atoms with van der Waals surface area (Å²) in [7, 11) is -1.19. The van der Waals surface area contributed by atoms with Crippen molar-refractivity contribution < 1.29 is 4.21 Å². The van der Waals surface area contributed by atoms with Crippen LogP contribution in [0.3, 0.4) is 0 Å². The quantitative estimate of drug-likeness (QED) is 0.764. The number of rotatable bonds is 2. The molecule has 0 fully saturated rings. The van der Waals surface area contributed by atoms with Crippen molar-refractivity contribution in [3.63, 3.8) is 0 Å². The van der Waals surface area contributed by atoms with Crippen molar-refractivity contribution >= 4 is 27.5 Å². The Bertz CT molecular complexity index is 794. The molecule has 2 aromatic carbocycles.